The van der Waals surface area contributed by atoms with Crippen LogP contribution in [-0.2, 0) is 0 Å². The maximum absolute atomic E-state index is 3.44. The zero-order valence-corrected chi connectivity index (χ0v) is 11.6. The van der Waals surface area contributed by atoms with Crippen molar-refractivity contribution in [1.82, 2.24) is 21.3 Å². The van der Waals surface area contributed by atoms with Crippen LogP contribution in [0.3, 0.4) is 0 Å². The molecule has 0 saturated carbocycles. The zero-order valence-electron chi connectivity index (χ0n) is 11.6. The molecule has 0 aromatic heterocycles. The number of nitrogens with one attached hydrogen (secondary N) is 4. The van der Waals surface area contributed by atoms with Gasteiger partial charge in [-0.05, 0) is 63.7 Å². The lowest BCUT2D eigenvalue weighted by atomic mass is 9.80. The van der Waals surface area contributed by atoms with E-state index in [2.05, 4.69) is 21.3 Å². The van der Waals surface area contributed by atoms with E-state index in [9.17, 15) is 0 Å². The minimum Gasteiger partial charge on any atom is -0.317 e. The third-order valence-electron chi connectivity index (χ3n) is 4.39. The van der Waals surface area contributed by atoms with Crippen molar-refractivity contribution in [3.05, 3.63) is 0 Å². The molecule has 18 heavy (non-hydrogen) atoms. The summed E-state index contributed by atoms with van der Waals surface area (Å²) in [6.07, 6.45) is 5.69. The molecule has 4 heteroatoms. The third kappa shape index (κ3) is 5.22. The molecule has 0 aromatic carbocycles. The van der Waals surface area contributed by atoms with Crippen molar-refractivity contribution in [3.8, 4) is 0 Å². The Morgan fingerprint density at radius 1 is 0.389 bits per heavy atom. The fourth-order valence-corrected chi connectivity index (χ4v) is 3.23. The summed E-state index contributed by atoms with van der Waals surface area (Å²) in [6, 6.07) is 0. The Bertz CT molecular complexity index is 166. The van der Waals surface area contributed by atoms with Gasteiger partial charge in [-0.1, -0.05) is 0 Å². The lowest BCUT2D eigenvalue weighted by Gasteiger charge is -2.33. The van der Waals surface area contributed by atoms with Crippen LogP contribution in [0.1, 0.15) is 25.7 Å². The normalized spacial score (nSPS) is 27.3. The van der Waals surface area contributed by atoms with E-state index in [1.54, 1.807) is 0 Å². The molecule has 0 atom stereocenters. The number of hydrogen-bond acceptors (Lipinski definition) is 4. The molecule has 3 fully saturated rings. The predicted octanol–water partition coefficient (Wildman–Crippen LogP) is 0.165. The van der Waals surface area contributed by atoms with Crippen LogP contribution in [0.4, 0.5) is 0 Å². The molecule has 0 unspecified atom stereocenters. The van der Waals surface area contributed by atoms with Crippen molar-refractivity contribution < 1.29 is 0 Å². The summed E-state index contributed by atoms with van der Waals surface area (Å²) in [5, 5.41) is 13.3. The van der Waals surface area contributed by atoms with Gasteiger partial charge in [-0.25, -0.2) is 0 Å². The van der Waals surface area contributed by atoms with Gasteiger partial charge in [0.2, 0.25) is 0 Å². The molecule has 0 radical (unpaired) electrons. The number of piperazine rings is 1. The van der Waals surface area contributed by atoms with Crippen LogP contribution in [0, 0.1) is 11.8 Å². The molecule has 4 N–H and O–H groups in total. The smallest absolute Gasteiger partial charge is 0.00772 e. The molecule has 3 saturated heterocycles. The van der Waals surface area contributed by atoms with E-state index < -0.39 is 0 Å². The molecule has 0 amide bonds. The Hall–Kier alpha value is -0.160. The fraction of sp³-hybridized carbons (Fsp3) is 1.00. The SMILES string of the molecule is C1CC(C2CCNCC2)CCN1.C1CNCCN1. The fourth-order valence-electron chi connectivity index (χ4n) is 3.23. The van der Waals surface area contributed by atoms with Gasteiger partial charge in [-0.3, -0.25) is 0 Å². The van der Waals surface area contributed by atoms with E-state index in [0.29, 0.717) is 0 Å². The minimum absolute atomic E-state index is 1.04. The second kappa shape index (κ2) is 8.86. The van der Waals surface area contributed by atoms with Crippen LogP contribution in [-0.4, -0.2) is 52.4 Å². The van der Waals surface area contributed by atoms with Crippen LogP contribution in [0.5, 0.6) is 0 Å². The molecule has 3 aliphatic heterocycles. The lowest BCUT2D eigenvalue weighted by molar-refractivity contribution is 0.212. The van der Waals surface area contributed by atoms with Crippen molar-refractivity contribution in [3.63, 3.8) is 0 Å². The Morgan fingerprint density at radius 3 is 0.944 bits per heavy atom. The molecular weight excluding hydrogens is 224 g/mol. The summed E-state index contributed by atoms with van der Waals surface area (Å²) >= 11 is 0. The Balaban J connectivity index is 0.000000169. The summed E-state index contributed by atoms with van der Waals surface area (Å²) in [5.74, 6) is 2.07. The van der Waals surface area contributed by atoms with Crippen LogP contribution < -0.4 is 21.3 Å². The largest absolute Gasteiger partial charge is 0.317 e. The zero-order chi connectivity index (χ0) is 12.5. The molecule has 3 rings (SSSR count). The molecule has 0 aliphatic carbocycles. The maximum Gasteiger partial charge on any atom is 0.00772 e. The molecule has 3 aliphatic rings. The van der Waals surface area contributed by atoms with Crippen LogP contribution >= 0.6 is 0 Å². The van der Waals surface area contributed by atoms with Gasteiger partial charge in [-0.2, -0.15) is 0 Å². The third-order valence-corrected chi connectivity index (χ3v) is 4.39. The van der Waals surface area contributed by atoms with Crippen LogP contribution in [0.2, 0.25) is 0 Å². The van der Waals surface area contributed by atoms with Crippen molar-refractivity contribution >= 4 is 0 Å². The molecule has 106 valence electrons. The Morgan fingerprint density at radius 2 is 0.667 bits per heavy atom. The van der Waals surface area contributed by atoms with Gasteiger partial charge < -0.3 is 21.3 Å². The quantitative estimate of drug-likeness (QED) is 0.539. The van der Waals surface area contributed by atoms with E-state index in [1.165, 1.54) is 51.9 Å². The lowest BCUT2D eigenvalue weighted by Crippen LogP contribution is -2.39. The van der Waals surface area contributed by atoms with Crippen LogP contribution in [0.25, 0.3) is 0 Å². The van der Waals surface area contributed by atoms with Gasteiger partial charge >= 0.3 is 0 Å². The first kappa shape index (κ1) is 14.3. The highest BCUT2D eigenvalue weighted by atomic mass is 15.0. The maximum atomic E-state index is 3.44. The first-order chi connectivity index (χ1) is 8.97. The summed E-state index contributed by atoms with van der Waals surface area (Å²) in [4.78, 5) is 0. The highest BCUT2D eigenvalue weighted by Crippen LogP contribution is 2.28. The summed E-state index contributed by atoms with van der Waals surface area (Å²) < 4.78 is 0. The molecule has 0 spiro atoms. The Labute approximate surface area is 112 Å². The molecule has 0 aromatic rings. The first-order valence-electron chi connectivity index (χ1n) is 7.79. The van der Waals surface area contributed by atoms with Gasteiger partial charge in [0.1, 0.15) is 0 Å². The predicted molar refractivity (Wildman–Crippen MR) is 76.9 cm³/mol. The van der Waals surface area contributed by atoms with Crippen LogP contribution in [0.15, 0.2) is 0 Å². The number of piperidine rings is 2. The summed E-state index contributed by atoms with van der Waals surface area (Å²) in [7, 11) is 0. The molecule has 0 bridgehead atoms. The standard InChI is InChI=1S/C10H20N2.C4H10N2/c1-5-11-6-2-9(1)10-3-7-12-8-4-10;1-2-6-4-3-5-1/h9-12H,1-8H2;5-6H,1-4H2. The van der Waals surface area contributed by atoms with E-state index >= 15 is 0 Å². The summed E-state index contributed by atoms with van der Waals surface area (Å²) in [6.45, 7) is 9.59. The van der Waals surface area contributed by atoms with Gasteiger partial charge in [0.05, 0.1) is 0 Å². The van der Waals surface area contributed by atoms with Crippen molar-refractivity contribution in [2.45, 2.75) is 25.7 Å². The van der Waals surface area contributed by atoms with Crippen molar-refractivity contribution in [2.75, 3.05) is 52.4 Å². The second-order valence-corrected chi connectivity index (χ2v) is 5.67. The highest BCUT2D eigenvalue weighted by Gasteiger charge is 2.24. The minimum atomic E-state index is 1.04. The monoisotopic (exact) mass is 254 g/mol. The first-order valence-corrected chi connectivity index (χ1v) is 7.79. The van der Waals surface area contributed by atoms with Gasteiger partial charge in [0.25, 0.3) is 0 Å². The van der Waals surface area contributed by atoms with E-state index in [1.807, 2.05) is 0 Å². The topological polar surface area (TPSA) is 48.1 Å². The van der Waals surface area contributed by atoms with Gasteiger partial charge in [-0.15, -0.1) is 0 Å². The second-order valence-electron chi connectivity index (χ2n) is 5.67. The highest BCUT2D eigenvalue weighted by molar-refractivity contribution is 4.79. The summed E-state index contributed by atoms with van der Waals surface area (Å²) in [5.41, 5.74) is 0. The van der Waals surface area contributed by atoms with E-state index in [-0.39, 0.29) is 0 Å². The number of hydrogen-bond donors (Lipinski definition) is 4. The van der Waals surface area contributed by atoms with Gasteiger partial charge in [0.15, 0.2) is 0 Å². The molecule has 4 nitrogen and oxygen atoms in total. The van der Waals surface area contributed by atoms with Crippen molar-refractivity contribution in [2.24, 2.45) is 11.8 Å². The van der Waals surface area contributed by atoms with E-state index in [4.69, 9.17) is 0 Å². The molecular formula is C14H30N4. The number of rotatable bonds is 1. The average Bonchev–Trinajstić information content (AvgIpc) is 2.51. The molecule has 3 heterocycles. The van der Waals surface area contributed by atoms with E-state index in [0.717, 1.165) is 38.0 Å². The van der Waals surface area contributed by atoms with Crippen molar-refractivity contribution in [1.29, 1.82) is 0 Å². The van der Waals surface area contributed by atoms with Gasteiger partial charge in [0, 0.05) is 26.2 Å². The average molecular weight is 254 g/mol. The Kier molecular flexibility index (Phi) is 7.01.